The monoisotopic (exact) mass is 550 g/mol. The van der Waals surface area contributed by atoms with Crippen molar-refractivity contribution in [3.05, 3.63) is 28.5 Å². The molecule has 0 unspecified atom stereocenters. The summed E-state index contributed by atoms with van der Waals surface area (Å²) in [5.74, 6) is -0.332. The van der Waals surface area contributed by atoms with E-state index in [1.165, 1.54) is 12.8 Å². The van der Waals surface area contributed by atoms with Gasteiger partial charge in [0.1, 0.15) is 10.3 Å². The Morgan fingerprint density at radius 1 is 1.08 bits per heavy atom. The molecule has 5 rings (SSSR count). The molecule has 3 aliphatic heterocycles. The number of thiophene rings is 2. The second-order valence-corrected chi connectivity index (χ2v) is 14.2. The highest BCUT2D eigenvalue weighted by atomic mass is 32.2. The van der Waals surface area contributed by atoms with Crippen LogP contribution >= 0.6 is 22.7 Å². The summed E-state index contributed by atoms with van der Waals surface area (Å²) in [4.78, 5) is 34.5. The van der Waals surface area contributed by atoms with Crippen molar-refractivity contribution in [1.82, 2.24) is 19.4 Å². The average Bonchev–Trinajstić information content (AvgIpc) is 3.64. The first-order chi connectivity index (χ1) is 17.3. The van der Waals surface area contributed by atoms with E-state index in [1.54, 1.807) is 22.3 Å². The summed E-state index contributed by atoms with van der Waals surface area (Å²) in [5.41, 5.74) is 0.870. The predicted molar refractivity (Wildman–Crippen MR) is 143 cm³/mol. The van der Waals surface area contributed by atoms with Crippen molar-refractivity contribution in [3.63, 3.8) is 0 Å². The third kappa shape index (κ3) is 5.70. The van der Waals surface area contributed by atoms with Crippen LogP contribution in [0.3, 0.4) is 0 Å². The number of nitrogens with zero attached hydrogens (tertiary/aromatic N) is 3. The normalized spacial score (nSPS) is 23.6. The highest BCUT2D eigenvalue weighted by Gasteiger charge is 2.36. The van der Waals surface area contributed by atoms with E-state index < -0.39 is 16.1 Å². The lowest BCUT2D eigenvalue weighted by molar-refractivity contribution is -0.143. The molecule has 2 aromatic rings. The molecule has 0 saturated carbocycles. The van der Waals surface area contributed by atoms with Crippen LogP contribution in [0, 0.1) is 6.92 Å². The Balaban J connectivity index is 1.20. The molecule has 36 heavy (non-hydrogen) atoms. The first-order valence-electron chi connectivity index (χ1n) is 12.8. The van der Waals surface area contributed by atoms with Gasteiger partial charge in [0, 0.05) is 46.4 Å². The minimum absolute atomic E-state index is 0.0223. The molecular formula is C25H34N4O4S3. The number of carbonyl (C=O) groups is 2. The number of sulfonamides is 1. The maximum Gasteiger partial charge on any atom is 0.250 e. The molecule has 5 heterocycles. The maximum atomic E-state index is 13.2. The molecule has 2 aromatic heterocycles. The van der Waals surface area contributed by atoms with Gasteiger partial charge >= 0.3 is 0 Å². The van der Waals surface area contributed by atoms with E-state index in [0.29, 0.717) is 19.4 Å². The lowest BCUT2D eigenvalue weighted by Gasteiger charge is -2.34. The number of aryl methyl sites for hydroxylation is 1. The third-order valence-corrected chi connectivity index (χ3v) is 11.3. The van der Waals surface area contributed by atoms with Crippen molar-refractivity contribution in [1.29, 1.82) is 0 Å². The zero-order valence-corrected chi connectivity index (χ0v) is 23.1. The summed E-state index contributed by atoms with van der Waals surface area (Å²) in [5, 5.41) is 1.84. The molecule has 0 aliphatic carbocycles. The standard InChI is InChI=1S/C25H34N4O4S3/c1-18-8-9-22(35-18)19-14-24(34-17-19)36(32,33)26-21-7-5-12-28(25(21)31)16-23(30)29-13-4-6-20(29)15-27-10-2-3-11-27/h8-9,14,17,20-21,26H,2-7,10-13,15-16H2,1H3/t20-,21-/m0/s1. The zero-order chi connectivity index (χ0) is 25.3. The van der Waals surface area contributed by atoms with Crippen molar-refractivity contribution in [3.8, 4) is 10.4 Å². The molecule has 11 heteroatoms. The van der Waals surface area contributed by atoms with E-state index in [0.717, 1.165) is 65.7 Å². The number of amides is 2. The number of carbonyl (C=O) groups excluding carboxylic acids is 2. The topological polar surface area (TPSA) is 90.0 Å². The van der Waals surface area contributed by atoms with Crippen LogP contribution in [0.25, 0.3) is 10.4 Å². The fourth-order valence-corrected chi connectivity index (χ4v) is 8.85. The van der Waals surface area contributed by atoms with Gasteiger partial charge in [0.15, 0.2) is 0 Å². The van der Waals surface area contributed by atoms with E-state index >= 15 is 0 Å². The van der Waals surface area contributed by atoms with Crippen molar-refractivity contribution in [2.24, 2.45) is 0 Å². The molecule has 3 saturated heterocycles. The van der Waals surface area contributed by atoms with E-state index in [9.17, 15) is 18.0 Å². The van der Waals surface area contributed by atoms with Crippen molar-refractivity contribution in [2.45, 2.75) is 61.7 Å². The Hall–Kier alpha value is -1.79. The Kier molecular flexibility index (Phi) is 7.83. The van der Waals surface area contributed by atoms with Gasteiger partial charge in [-0.1, -0.05) is 0 Å². The summed E-state index contributed by atoms with van der Waals surface area (Å²) in [6.45, 7) is 6.37. The number of nitrogens with one attached hydrogen (secondary N) is 1. The Labute approximate surface area is 221 Å². The van der Waals surface area contributed by atoms with Crippen LogP contribution in [0.2, 0.25) is 0 Å². The van der Waals surface area contributed by atoms with Gasteiger partial charge in [-0.05, 0) is 76.7 Å². The molecule has 0 bridgehead atoms. The first-order valence-corrected chi connectivity index (χ1v) is 16.0. The number of hydrogen-bond donors (Lipinski definition) is 1. The molecule has 8 nitrogen and oxygen atoms in total. The van der Waals surface area contributed by atoms with Crippen LogP contribution < -0.4 is 4.72 Å². The fourth-order valence-electron chi connectivity index (χ4n) is 5.50. The van der Waals surface area contributed by atoms with Crippen molar-refractivity contribution < 1.29 is 18.0 Å². The van der Waals surface area contributed by atoms with Gasteiger partial charge in [-0.3, -0.25) is 9.59 Å². The molecule has 3 fully saturated rings. The quantitative estimate of drug-likeness (QED) is 0.546. The molecule has 3 aliphatic rings. The molecule has 0 spiro atoms. The molecule has 2 atom stereocenters. The second kappa shape index (κ2) is 10.9. The van der Waals surface area contributed by atoms with Crippen molar-refractivity contribution in [2.75, 3.05) is 39.3 Å². The smallest absolute Gasteiger partial charge is 0.250 e. The van der Waals surface area contributed by atoms with Crippen LogP contribution in [0.5, 0.6) is 0 Å². The Bertz CT molecular complexity index is 1200. The SMILES string of the molecule is Cc1ccc(-c2csc(S(=O)(=O)N[C@H]3CCCN(CC(=O)N4CCC[C@H]4CN4CCCC4)C3=O)c2)s1. The number of rotatable bonds is 8. The van der Waals surface area contributed by atoms with Crippen LogP contribution in [0.15, 0.2) is 27.8 Å². The lowest BCUT2D eigenvalue weighted by atomic mass is 10.1. The minimum Gasteiger partial charge on any atom is -0.337 e. The zero-order valence-electron chi connectivity index (χ0n) is 20.6. The third-order valence-electron chi connectivity index (χ3n) is 7.38. The maximum absolute atomic E-state index is 13.2. The molecular weight excluding hydrogens is 517 g/mol. The fraction of sp³-hybridized carbons (Fsp3) is 0.600. The van der Waals surface area contributed by atoms with Gasteiger partial charge in [0.2, 0.25) is 11.8 Å². The van der Waals surface area contributed by atoms with Crippen LogP contribution in [0.4, 0.5) is 0 Å². The van der Waals surface area contributed by atoms with Crippen LogP contribution in [-0.2, 0) is 19.6 Å². The van der Waals surface area contributed by atoms with Gasteiger partial charge in [-0.25, -0.2) is 8.42 Å². The minimum atomic E-state index is -3.84. The second-order valence-electron chi connectivity index (χ2n) is 10.0. The molecule has 1 N–H and O–H groups in total. The van der Waals surface area contributed by atoms with Gasteiger partial charge in [0.25, 0.3) is 10.0 Å². The highest BCUT2D eigenvalue weighted by molar-refractivity contribution is 7.91. The molecule has 0 radical (unpaired) electrons. The summed E-state index contributed by atoms with van der Waals surface area (Å²) >= 11 is 2.78. The highest BCUT2D eigenvalue weighted by Crippen LogP contribution is 2.33. The van der Waals surface area contributed by atoms with E-state index in [4.69, 9.17) is 0 Å². The summed E-state index contributed by atoms with van der Waals surface area (Å²) < 4.78 is 29.0. The number of likely N-dealkylation sites (tertiary alicyclic amines) is 3. The summed E-state index contributed by atoms with van der Waals surface area (Å²) in [6, 6.07) is 5.04. The van der Waals surface area contributed by atoms with Gasteiger partial charge < -0.3 is 14.7 Å². The molecule has 196 valence electrons. The molecule has 0 aromatic carbocycles. The first kappa shape index (κ1) is 25.8. The van der Waals surface area contributed by atoms with Gasteiger partial charge in [-0.2, -0.15) is 4.72 Å². The average molecular weight is 551 g/mol. The number of hydrogen-bond acceptors (Lipinski definition) is 7. The number of piperidine rings is 1. The Morgan fingerprint density at radius 3 is 2.61 bits per heavy atom. The Morgan fingerprint density at radius 2 is 1.86 bits per heavy atom. The van der Waals surface area contributed by atoms with Crippen LogP contribution in [0.1, 0.15) is 43.4 Å². The van der Waals surface area contributed by atoms with E-state index in [1.807, 2.05) is 29.3 Å². The van der Waals surface area contributed by atoms with Gasteiger partial charge in [-0.15, -0.1) is 22.7 Å². The van der Waals surface area contributed by atoms with Crippen molar-refractivity contribution >= 4 is 44.5 Å². The predicted octanol–water partition coefficient (Wildman–Crippen LogP) is 3.14. The largest absolute Gasteiger partial charge is 0.337 e. The van der Waals surface area contributed by atoms with E-state index in [-0.39, 0.29) is 28.6 Å². The van der Waals surface area contributed by atoms with Crippen LogP contribution in [-0.4, -0.2) is 86.3 Å². The van der Waals surface area contributed by atoms with E-state index in [2.05, 4.69) is 9.62 Å². The molecule has 2 amide bonds. The lowest BCUT2D eigenvalue weighted by Crippen LogP contribution is -2.55. The summed E-state index contributed by atoms with van der Waals surface area (Å²) in [7, 11) is -3.84. The van der Waals surface area contributed by atoms with Gasteiger partial charge in [0.05, 0.1) is 6.54 Å². The summed E-state index contributed by atoms with van der Waals surface area (Å²) in [6.07, 6.45) is 5.54.